The predicted molar refractivity (Wildman–Crippen MR) is 126 cm³/mol. The topological polar surface area (TPSA) is 52.7 Å². The van der Waals surface area contributed by atoms with Gasteiger partial charge >= 0.3 is 0 Å². The summed E-state index contributed by atoms with van der Waals surface area (Å²) >= 11 is 0. The highest BCUT2D eigenvalue weighted by Gasteiger charge is 2.28. The van der Waals surface area contributed by atoms with Gasteiger partial charge in [0.2, 0.25) is 11.8 Å². The number of nitrogens with zero attached hydrogens (tertiary/aromatic N) is 2. The molecule has 0 spiro atoms. The first-order valence-corrected chi connectivity index (χ1v) is 11.4. The van der Waals surface area contributed by atoms with Crippen molar-refractivity contribution in [2.75, 3.05) is 32.7 Å². The summed E-state index contributed by atoms with van der Waals surface area (Å²) in [6.45, 7) is 1.90. The Kier molecular flexibility index (Phi) is 7.82. The number of carbonyl (C=O) groups is 2. The lowest BCUT2D eigenvalue weighted by Gasteiger charge is -2.39. The highest BCUT2D eigenvalue weighted by molar-refractivity contribution is 5.85. The van der Waals surface area contributed by atoms with Gasteiger partial charge in [-0.15, -0.1) is 0 Å². The molecule has 1 N–H and O–H groups in total. The van der Waals surface area contributed by atoms with Crippen molar-refractivity contribution in [2.45, 2.75) is 12.5 Å². The summed E-state index contributed by atoms with van der Waals surface area (Å²) in [5.74, 6) is -1.63. The van der Waals surface area contributed by atoms with E-state index in [0.29, 0.717) is 31.7 Å². The Balaban J connectivity index is 1.34. The number of carbonyl (C=O) groups excluding carboxylic acids is 2. The number of hydrogen-bond donors (Lipinski definition) is 1. The molecule has 1 saturated heterocycles. The molecule has 3 aromatic carbocycles. The van der Waals surface area contributed by atoms with E-state index in [1.165, 1.54) is 42.5 Å². The van der Waals surface area contributed by atoms with Crippen molar-refractivity contribution in [3.05, 3.63) is 107 Å². The van der Waals surface area contributed by atoms with Crippen LogP contribution in [-0.2, 0) is 16.0 Å². The zero-order valence-corrected chi connectivity index (χ0v) is 19.1. The fourth-order valence-corrected chi connectivity index (χ4v) is 4.31. The van der Waals surface area contributed by atoms with Crippen LogP contribution in [0.25, 0.3) is 0 Å². The van der Waals surface area contributed by atoms with E-state index in [0.717, 1.165) is 11.1 Å². The molecule has 0 saturated carbocycles. The van der Waals surface area contributed by atoms with E-state index >= 15 is 0 Å². The molecule has 1 fully saturated rings. The molecule has 8 heteroatoms. The Labute approximate surface area is 202 Å². The van der Waals surface area contributed by atoms with Crippen LogP contribution in [0.2, 0.25) is 0 Å². The smallest absolute Gasteiger partial charge is 0.242 e. The van der Waals surface area contributed by atoms with Gasteiger partial charge in [-0.1, -0.05) is 36.4 Å². The fourth-order valence-electron chi connectivity index (χ4n) is 4.31. The summed E-state index contributed by atoms with van der Waals surface area (Å²) in [6, 6.07) is 18.1. The highest BCUT2D eigenvalue weighted by atomic mass is 19.1. The average molecular weight is 482 g/mol. The van der Waals surface area contributed by atoms with Gasteiger partial charge in [0, 0.05) is 26.2 Å². The van der Waals surface area contributed by atoms with Gasteiger partial charge < -0.3 is 10.2 Å². The lowest BCUT2D eigenvalue weighted by Crippen LogP contribution is -2.52. The predicted octanol–water partition coefficient (Wildman–Crippen LogP) is 3.70. The lowest BCUT2D eigenvalue weighted by molar-refractivity contribution is -0.134. The van der Waals surface area contributed by atoms with Crippen LogP contribution in [0.5, 0.6) is 0 Å². The third-order valence-corrected chi connectivity index (χ3v) is 6.09. The molecule has 0 atom stereocenters. The van der Waals surface area contributed by atoms with Crippen molar-refractivity contribution in [2.24, 2.45) is 0 Å². The Morgan fingerprint density at radius 1 is 0.771 bits per heavy atom. The molecule has 1 aliphatic rings. The van der Waals surface area contributed by atoms with Gasteiger partial charge in [0.15, 0.2) is 0 Å². The number of nitrogens with one attached hydrogen (secondary N) is 1. The molecule has 0 radical (unpaired) electrons. The minimum Gasteiger partial charge on any atom is -0.347 e. The van der Waals surface area contributed by atoms with Crippen molar-refractivity contribution in [3.63, 3.8) is 0 Å². The van der Waals surface area contributed by atoms with Gasteiger partial charge in [-0.05, 0) is 53.1 Å². The monoisotopic (exact) mass is 481 g/mol. The van der Waals surface area contributed by atoms with Crippen molar-refractivity contribution in [1.82, 2.24) is 15.1 Å². The van der Waals surface area contributed by atoms with E-state index in [2.05, 4.69) is 10.2 Å². The molecular weight excluding hydrogens is 455 g/mol. The standard InChI is InChI=1S/C27H26F3N3O2/c28-22-8-4-20(5-9-22)27(21-6-10-23(29)11-7-21)33-14-12-32(13-15-33)26(35)18-31-25(34)17-19-2-1-3-24(30)16-19/h1-11,16,27H,12-15,17-18H2,(H,31,34). The average Bonchev–Trinajstić information content (AvgIpc) is 2.85. The molecule has 2 amide bonds. The van der Waals surface area contributed by atoms with E-state index in [1.807, 2.05) is 0 Å². The van der Waals surface area contributed by atoms with Crippen LogP contribution in [-0.4, -0.2) is 54.3 Å². The van der Waals surface area contributed by atoms with Crippen LogP contribution in [0, 0.1) is 17.5 Å². The number of benzene rings is 3. The minimum absolute atomic E-state index is 0.00413. The quantitative estimate of drug-likeness (QED) is 0.560. The van der Waals surface area contributed by atoms with Crippen molar-refractivity contribution < 1.29 is 22.8 Å². The number of amides is 2. The number of piperazine rings is 1. The summed E-state index contributed by atoms with van der Waals surface area (Å²) < 4.78 is 40.3. The number of hydrogen-bond acceptors (Lipinski definition) is 3. The van der Waals surface area contributed by atoms with Crippen LogP contribution in [0.4, 0.5) is 13.2 Å². The first-order valence-electron chi connectivity index (χ1n) is 11.4. The summed E-state index contributed by atoms with van der Waals surface area (Å²) in [5, 5.41) is 2.61. The van der Waals surface area contributed by atoms with E-state index in [9.17, 15) is 22.8 Å². The molecule has 1 heterocycles. The molecule has 3 aromatic rings. The second kappa shape index (κ2) is 11.2. The maximum absolute atomic E-state index is 13.5. The van der Waals surface area contributed by atoms with Crippen LogP contribution in [0.1, 0.15) is 22.7 Å². The molecule has 5 nitrogen and oxygen atoms in total. The SMILES string of the molecule is O=C(Cc1cccc(F)c1)NCC(=O)N1CCN(C(c2ccc(F)cc2)c2ccc(F)cc2)CC1. The van der Waals surface area contributed by atoms with Crippen molar-refractivity contribution in [3.8, 4) is 0 Å². The van der Waals surface area contributed by atoms with Gasteiger partial charge in [0.1, 0.15) is 17.5 Å². The van der Waals surface area contributed by atoms with Gasteiger partial charge in [0.05, 0.1) is 19.0 Å². The van der Waals surface area contributed by atoms with Gasteiger partial charge in [-0.3, -0.25) is 14.5 Å². The normalized spacial score (nSPS) is 14.2. The molecule has 0 aromatic heterocycles. The molecule has 0 aliphatic carbocycles. The van der Waals surface area contributed by atoms with Crippen LogP contribution in [0.3, 0.4) is 0 Å². The van der Waals surface area contributed by atoms with Crippen LogP contribution in [0.15, 0.2) is 72.8 Å². The first-order chi connectivity index (χ1) is 16.9. The summed E-state index contributed by atoms with van der Waals surface area (Å²) in [4.78, 5) is 28.7. The third-order valence-electron chi connectivity index (χ3n) is 6.09. The Morgan fingerprint density at radius 3 is 1.89 bits per heavy atom. The largest absolute Gasteiger partial charge is 0.347 e. The van der Waals surface area contributed by atoms with Crippen molar-refractivity contribution in [1.29, 1.82) is 0 Å². The Morgan fingerprint density at radius 2 is 1.34 bits per heavy atom. The van der Waals surface area contributed by atoms with E-state index < -0.39 is 5.82 Å². The molecular formula is C27H26F3N3O2. The number of rotatable bonds is 7. The molecule has 35 heavy (non-hydrogen) atoms. The van der Waals surface area contributed by atoms with E-state index in [4.69, 9.17) is 0 Å². The zero-order chi connectivity index (χ0) is 24.8. The lowest BCUT2D eigenvalue weighted by atomic mass is 9.96. The van der Waals surface area contributed by atoms with Gasteiger partial charge in [-0.2, -0.15) is 0 Å². The van der Waals surface area contributed by atoms with Crippen molar-refractivity contribution >= 4 is 11.8 Å². The maximum Gasteiger partial charge on any atom is 0.242 e. The summed E-state index contributed by atoms with van der Waals surface area (Å²) in [6.07, 6.45) is -0.00413. The minimum atomic E-state index is -0.413. The first kappa shape index (κ1) is 24.5. The molecule has 0 unspecified atom stereocenters. The fraction of sp³-hybridized carbons (Fsp3) is 0.259. The van der Waals surface area contributed by atoms with Crippen LogP contribution >= 0.6 is 0 Å². The van der Waals surface area contributed by atoms with Crippen LogP contribution < -0.4 is 5.32 Å². The third kappa shape index (κ3) is 6.48. The summed E-state index contributed by atoms with van der Waals surface area (Å²) in [7, 11) is 0. The molecule has 1 aliphatic heterocycles. The second-order valence-electron chi connectivity index (χ2n) is 8.51. The second-order valence-corrected chi connectivity index (χ2v) is 8.51. The van der Waals surface area contributed by atoms with Gasteiger partial charge in [-0.25, -0.2) is 13.2 Å². The van der Waals surface area contributed by atoms with E-state index in [-0.39, 0.29) is 42.5 Å². The Hall–Kier alpha value is -3.65. The summed E-state index contributed by atoms with van der Waals surface area (Å²) in [5.41, 5.74) is 2.29. The molecule has 4 rings (SSSR count). The Bertz CT molecular complexity index is 1120. The number of halogens is 3. The molecule has 182 valence electrons. The van der Waals surface area contributed by atoms with E-state index in [1.54, 1.807) is 35.2 Å². The zero-order valence-electron chi connectivity index (χ0n) is 19.1. The maximum atomic E-state index is 13.5. The molecule has 0 bridgehead atoms. The van der Waals surface area contributed by atoms with Gasteiger partial charge in [0.25, 0.3) is 0 Å². The highest BCUT2D eigenvalue weighted by Crippen LogP contribution is 2.30.